The molecule has 0 fully saturated rings. The maximum Gasteiger partial charge on any atom is 0.141 e. The third-order valence-electron chi connectivity index (χ3n) is 3.16. The molecule has 0 saturated carbocycles. The largest absolute Gasteiger partial charge is 0.495 e. The van der Waals surface area contributed by atoms with Gasteiger partial charge < -0.3 is 10.1 Å². The Bertz CT molecular complexity index is 366. The fourth-order valence-corrected chi connectivity index (χ4v) is 1.91. The molecule has 1 N–H and O–H groups in total. The zero-order valence-corrected chi connectivity index (χ0v) is 12.5. The molecule has 1 rings (SSSR count). The SMILES string of the molecule is CCCCCNc1cc(C(C)(C)C)ccc1OC. The lowest BCUT2D eigenvalue weighted by atomic mass is 9.87. The molecule has 1 aromatic carbocycles. The minimum atomic E-state index is 0.173. The molecule has 1 aromatic rings. The predicted octanol–water partition coefficient (Wildman–Crippen LogP) is 4.59. The first kappa shape index (κ1) is 14.9. The summed E-state index contributed by atoms with van der Waals surface area (Å²) in [7, 11) is 1.73. The van der Waals surface area contributed by atoms with Crippen LogP contribution in [0.5, 0.6) is 5.75 Å². The fourth-order valence-electron chi connectivity index (χ4n) is 1.91. The topological polar surface area (TPSA) is 21.3 Å². The molecule has 0 aromatic heterocycles. The van der Waals surface area contributed by atoms with Crippen LogP contribution < -0.4 is 10.1 Å². The molecule has 0 aliphatic rings. The van der Waals surface area contributed by atoms with Gasteiger partial charge in [-0.3, -0.25) is 0 Å². The van der Waals surface area contributed by atoms with Gasteiger partial charge >= 0.3 is 0 Å². The van der Waals surface area contributed by atoms with Gasteiger partial charge in [-0.25, -0.2) is 0 Å². The Balaban J connectivity index is 2.79. The van der Waals surface area contributed by atoms with Crippen molar-refractivity contribution in [3.05, 3.63) is 23.8 Å². The van der Waals surface area contributed by atoms with Crippen molar-refractivity contribution in [3.8, 4) is 5.75 Å². The van der Waals surface area contributed by atoms with Crippen molar-refractivity contribution in [3.63, 3.8) is 0 Å². The summed E-state index contributed by atoms with van der Waals surface area (Å²) in [5, 5.41) is 3.49. The summed E-state index contributed by atoms with van der Waals surface area (Å²) in [5.41, 5.74) is 2.62. The Labute approximate surface area is 112 Å². The van der Waals surface area contributed by atoms with Crippen LogP contribution in [0.3, 0.4) is 0 Å². The molecule has 0 atom stereocenters. The normalized spacial score (nSPS) is 11.4. The number of hydrogen-bond acceptors (Lipinski definition) is 2. The second kappa shape index (κ2) is 6.67. The van der Waals surface area contributed by atoms with E-state index in [-0.39, 0.29) is 5.41 Å². The molecule has 0 heterocycles. The second-order valence-corrected chi connectivity index (χ2v) is 5.80. The summed E-state index contributed by atoms with van der Waals surface area (Å²) < 4.78 is 5.41. The Kier molecular flexibility index (Phi) is 5.52. The minimum Gasteiger partial charge on any atom is -0.495 e. The average Bonchev–Trinajstić information content (AvgIpc) is 2.33. The predicted molar refractivity (Wildman–Crippen MR) is 79.7 cm³/mol. The van der Waals surface area contributed by atoms with E-state index in [4.69, 9.17) is 4.74 Å². The molecule has 0 unspecified atom stereocenters. The molecule has 0 saturated heterocycles. The highest BCUT2D eigenvalue weighted by Crippen LogP contribution is 2.31. The standard InChI is InChI=1S/C16H27NO/c1-6-7-8-11-17-14-12-13(16(2,3)4)9-10-15(14)18-5/h9-10,12,17H,6-8,11H2,1-5H3. The molecule has 2 nitrogen and oxygen atoms in total. The highest BCUT2D eigenvalue weighted by atomic mass is 16.5. The van der Waals surface area contributed by atoms with E-state index in [9.17, 15) is 0 Å². The summed E-state index contributed by atoms with van der Waals surface area (Å²) in [6, 6.07) is 6.42. The lowest BCUT2D eigenvalue weighted by Gasteiger charge is -2.21. The van der Waals surface area contributed by atoms with Crippen molar-refractivity contribution in [2.24, 2.45) is 0 Å². The molecular weight excluding hydrogens is 222 g/mol. The minimum absolute atomic E-state index is 0.173. The molecule has 0 amide bonds. The van der Waals surface area contributed by atoms with Gasteiger partial charge in [-0.2, -0.15) is 0 Å². The smallest absolute Gasteiger partial charge is 0.141 e. The fraction of sp³-hybridized carbons (Fsp3) is 0.625. The Hall–Kier alpha value is -1.18. The van der Waals surface area contributed by atoms with E-state index in [0.717, 1.165) is 18.0 Å². The second-order valence-electron chi connectivity index (χ2n) is 5.80. The van der Waals surface area contributed by atoms with E-state index < -0.39 is 0 Å². The van der Waals surface area contributed by atoms with Gasteiger partial charge in [-0.1, -0.05) is 46.6 Å². The third-order valence-corrected chi connectivity index (χ3v) is 3.16. The third kappa shape index (κ3) is 4.25. The van der Waals surface area contributed by atoms with Gasteiger partial charge in [-0.15, -0.1) is 0 Å². The zero-order valence-electron chi connectivity index (χ0n) is 12.5. The Morgan fingerprint density at radius 2 is 1.89 bits per heavy atom. The van der Waals surface area contributed by atoms with Crippen LogP contribution in [0.1, 0.15) is 52.5 Å². The maximum absolute atomic E-state index is 5.41. The van der Waals surface area contributed by atoms with Crippen LogP contribution in [0.4, 0.5) is 5.69 Å². The van der Waals surface area contributed by atoms with Crippen LogP contribution in [0, 0.1) is 0 Å². The van der Waals surface area contributed by atoms with Gasteiger partial charge in [0.1, 0.15) is 5.75 Å². The molecule has 0 spiro atoms. The lowest BCUT2D eigenvalue weighted by molar-refractivity contribution is 0.416. The zero-order chi connectivity index (χ0) is 13.6. The number of unbranched alkanes of at least 4 members (excludes halogenated alkanes) is 2. The van der Waals surface area contributed by atoms with E-state index in [1.807, 2.05) is 0 Å². The van der Waals surface area contributed by atoms with Crippen LogP contribution in [0.15, 0.2) is 18.2 Å². The molecule has 0 radical (unpaired) electrons. The lowest BCUT2D eigenvalue weighted by Crippen LogP contribution is -2.12. The van der Waals surface area contributed by atoms with Crippen LogP contribution in [0.2, 0.25) is 0 Å². The van der Waals surface area contributed by atoms with Gasteiger partial charge in [0.2, 0.25) is 0 Å². The van der Waals surface area contributed by atoms with E-state index >= 15 is 0 Å². The first-order valence-corrected chi connectivity index (χ1v) is 6.91. The molecule has 18 heavy (non-hydrogen) atoms. The van der Waals surface area contributed by atoms with Gasteiger partial charge in [0, 0.05) is 6.54 Å². The highest BCUT2D eigenvalue weighted by Gasteiger charge is 2.15. The van der Waals surface area contributed by atoms with E-state index in [2.05, 4.69) is 51.2 Å². The van der Waals surface area contributed by atoms with Gasteiger partial charge in [-0.05, 0) is 29.5 Å². The van der Waals surface area contributed by atoms with Gasteiger partial charge in [0.05, 0.1) is 12.8 Å². The van der Waals surface area contributed by atoms with Crippen LogP contribution in [-0.2, 0) is 5.41 Å². The van der Waals surface area contributed by atoms with Crippen molar-refractivity contribution >= 4 is 5.69 Å². The van der Waals surface area contributed by atoms with Crippen molar-refractivity contribution in [1.29, 1.82) is 0 Å². The number of anilines is 1. The van der Waals surface area contributed by atoms with E-state index in [0.29, 0.717) is 0 Å². The van der Waals surface area contributed by atoms with Crippen LogP contribution >= 0.6 is 0 Å². The molecule has 2 heteroatoms. The summed E-state index contributed by atoms with van der Waals surface area (Å²) in [5.74, 6) is 0.930. The summed E-state index contributed by atoms with van der Waals surface area (Å²) in [6.45, 7) is 9.93. The van der Waals surface area contributed by atoms with Crippen molar-refractivity contribution in [1.82, 2.24) is 0 Å². The van der Waals surface area contributed by atoms with Crippen LogP contribution in [-0.4, -0.2) is 13.7 Å². The first-order valence-electron chi connectivity index (χ1n) is 6.91. The molecule has 0 aliphatic heterocycles. The summed E-state index contributed by atoms with van der Waals surface area (Å²) >= 11 is 0. The van der Waals surface area contributed by atoms with Crippen molar-refractivity contribution in [2.75, 3.05) is 19.0 Å². The Morgan fingerprint density at radius 3 is 2.44 bits per heavy atom. The monoisotopic (exact) mass is 249 g/mol. The number of rotatable bonds is 6. The Morgan fingerprint density at radius 1 is 1.17 bits per heavy atom. The summed E-state index contributed by atoms with van der Waals surface area (Å²) in [4.78, 5) is 0. The molecule has 102 valence electrons. The van der Waals surface area contributed by atoms with Crippen molar-refractivity contribution in [2.45, 2.75) is 52.4 Å². The van der Waals surface area contributed by atoms with E-state index in [1.54, 1.807) is 7.11 Å². The molecule has 0 aliphatic carbocycles. The van der Waals surface area contributed by atoms with Gasteiger partial charge in [0.15, 0.2) is 0 Å². The average molecular weight is 249 g/mol. The summed E-state index contributed by atoms with van der Waals surface area (Å²) in [6.07, 6.45) is 3.73. The quantitative estimate of drug-likeness (QED) is 0.744. The van der Waals surface area contributed by atoms with Gasteiger partial charge in [0.25, 0.3) is 0 Å². The number of hydrogen-bond donors (Lipinski definition) is 1. The first-order chi connectivity index (χ1) is 8.49. The van der Waals surface area contributed by atoms with Crippen LogP contribution in [0.25, 0.3) is 0 Å². The number of nitrogens with one attached hydrogen (secondary N) is 1. The number of benzene rings is 1. The molecule has 0 bridgehead atoms. The number of methoxy groups -OCH3 is 1. The maximum atomic E-state index is 5.41. The van der Waals surface area contributed by atoms with E-state index in [1.165, 1.54) is 24.8 Å². The molecular formula is C16H27NO. The highest BCUT2D eigenvalue weighted by molar-refractivity contribution is 5.59. The number of ether oxygens (including phenoxy) is 1. The van der Waals surface area contributed by atoms with Crippen molar-refractivity contribution < 1.29 is 4.74 Å².